The Hall–Kier alpha value is -2.30. The maximum atomic E-state index is 12.8. The van der Waals surface area contributed by atoms with Crippen LogP contribution in [0, 0.1) is 10.1 Å². The van der Waals surface area contributed by atoms with Crippen LogP contribution in [0.3, 0.4) is 0 Å². The number of halogens is 1. The van der Waals surface area contributed by atoms with Crippen LogP contribution in [0.5, 0.6) is 0 Å². The lowest BCUT2D eigenvalue weighted by Gasteiger charge is -2.33. The molecule has 0 amide bonds. The number of sulfonamides is 1. The summed E-state index contributed by atoms with van der Waals surface area (Å²) in [7, 11) is -3.99. The Morgan fingerprint density at radius 3 is 2.36 bits per heavy atom. The van der Waals surface area contributed by atoms with Crippen LogP contribution < -0.4 is 4.90 Å². The molecule has 11 heteroatoms. The topological polar surface area (TPSA) is 110 Å². The molecular weight excluding hydrogens is 370 g/mol. The van der Waals surface area contributed by atoms with E-state index < -0.39 is 20.6 Å². The van der Waals surface area contributed by atoms with E-state index in [9.17, 15) is 18.5 Å². The monoisotopic (exact) mass is 383 g/mol. The predicted octanol–water partition coefficient (Wildman–Crippen LogP) is 1.55. The lowest BCUT2D eigenvalue weighted by atomic mass is 10.3. The fourth-order valence-corrected chi connectivity index (χ4v) is 4.30. The minimum absolute atomic E-state index is 0.108. The number of nitrogens with zero attached hydrogens (tertiary/aromatic N) is 5. The molecule has 1 aromatic heterocycles. The van der Waals surface area contributed by atoms with E-state index in [2.05, 4.69) is 9.97 Å². The van der Waals surface area contributed by atoms with Crippen molar-refractivity contribution >= 4 is 33.3 Å². The average Bonchev–Trinajstić information content (AvgIpc) is 2.62. The van der Waals surface area contributed by atoms with E-state index in [4.69, 9.17) is 11.6 Å². The molecule has 9 nitrogen and oxygen atoms in total. The smallest absolute Gasteiger partial charge is 0.290 e. The minimum Gasteiger partial charge on any atom is -0.338 e. The number of hydrogen-bond donors (Lipinski definition) is 0. The highest BCUT2D eigenvalue weighted by Crippen LogP contribution is 2.30. The van der Waals surface area contributed by atoms with Crippen LogP contribution in [0.25, 0.3) is 0 Å². The van der Waals surface area contributed by atoms with Crippen molar-refractivity contribution in [3.05, 3.63) is 51.8 Å². The van der Waals surface area contributed by atoms with Crippen LogP contribution in [0.15, 0.2) is 41.6 Å². The van der Waals surface area contributed by atoms with Crippen molar-refractivity contribution in [2.24, 2.45) is 0 Å². The van der Waals surface area contributed by atoms with Crippen LogP contribution in [0.1, 0.15) is 0 Å². The minimum atomic E-state index is -3.99. The van der Waals surface area contributed by atoms with Gasteiger partial charge in [0, 0.05) is 49.7 Å². The molecule has 0 bridgehead atoms. The Kier molecular flexibility index (Phi) is 4.84. The summed E-state index contributed by atoms with van der Waals surface area (Å²) in [4.78, 5) is 20.2. The van der Waals surface area contributed by atoms with E-state index in [0.29, 0.717) is 19.0 Å². The van der Waals surface area contributed by atoms with Gasteiger partial charge in [0.2, 0.25) is 16.0 Å². The zero-order valence-corrected chi connectivity index (χ0v) is 14.5. The summed E-state index contributed by atoms with van der Waals surface area (Å²) in [5.74, 6) is 0.525. The Morgan fingerprint density at radius 1 is 1.12 bits per heavy atom. The molecule has 132 valence electrons. The molecule has 0 saturated carbocycles. The molecule has 0 aliphatic carbocycles. The predicted molar refractivity (Wildman–Crippen MR) is 91.1 cm³/mol. The maximum absolute atomic E-state index is 12.8. The third-order valence-corrected chi connectivity index (χ3v) is 5.99. The molecule has 3 rings (SSSR count). The van der Waals surface area contributed by atoms with Gasteiger partial charge in [0.25, 0.3) is 5.69 Å². The Bertz CT molecular complexity index is 885. The second-order valence-corrected chi connectivity index (χ2v) is 7.65. The first-order chi connectivity index (χ1) is 11.9. The van der Waals surface area contributed by atoms with Crippen LogP contribution in [0.4, 0.5) is 11.6 Å². The highest BCUT2D eigenvalue weighted by Gasteiger charge is 2.34. The number of rotatable bonds is 4. The Morgan fingerprint density at radius 2 is 1.76 bits per heavy atom. The number of aromatic nitrogens is 2. The van der Waals surface area contributed by atoms with E-state index in [-0.39, 0.29) is 23.0 Å². The van der Waals surface area contributed by atoms with E-state index in [1.807, 2.05) is 4.90 Å². The molecule has 25 heavy (non-hydrogen) atoms. The first kappa shape index (κ1) is 17.5. The summed E-state index contributed by atoms with van der Waals surface area (Å²) in [6.45, 7) is 1.15. The van der Waals surface area contributed by atoms with Crippen molar-refractivity contribution in [1.82, 2.24) is 14.3 Å². The highest BCUT2D eigenvalue weighted by molar-refractivity contribution is 7.89. The second-order valence-electron chi connectivity index (χ2n) is 5.31. The number of benzene rings is 1. The van der Waals surface area contributed by atoms with E-state index >= 15 is 0 Å². The SMILES string of the molecule is O=[N+]([O-])c1cc(Cl)ccc1S(=O)(=O)N1CCN(c2ncccn2)CC1. The Balaban J connectivity index is 1.82. The zero-order valence-electron chi connectivity index (χ0n) is 12.9. The van der Waals surface area contributed by atoms with Crippen molar-refractivity contribution in [1.29, 1.82) is 0 Å². The molecule has 0 unspecified atom stereocenters. The van der Waals surface area contributed by atoms with Gasteiger partial charge in [-0.05, 0) is 18.2 Å². The first-order valence-corrected chi connectivity index (χ1v) is 9.17. The number of piperazine rings is 1. The van der Waals surface area contributed by atoms with Crippen molar-refractivity contribution in [2.45, 2.75) is 4.90 Å². The third-order valence-electron chi connectivity index (χ3n) is 3.81. The van der Waals surface area contributed by atoms with Gasteiger partial charge in [-0.15, -0.1) is 0 Å². The molecule has 2 aromatic rings. The fraction of sp³-hybridized carbons (Fsp3) is 0.286. The maximum Gasteiger partial charge on any atom is 0.290 e. The molecule has 0 radical (unpaired) electrons. The number of nitro groups is 1. The molecule has 1 fully saturated rings. The van der Waals surface area contributed by atoms with Crippen molar-refractivity contribution < 1.29 is 13.3 Å². The Labute approximate surface area is 149 Å². The molecule has 1 aromatic carbocycles. The lowest BCUT2D eigenvalue weighted by Crippen LogP contribution is -2.49. The van der Waals surface area contributed by atoms with Crippen molar-refractivity contribution in [3.8, 4) is 0 Å². The van der Waals surface area contributed by atoms with Crippen LogP contribution in [-0.2, 0) is 10.0 Å². The molecule has 0 N–H and O–H groups in total. The summed E-state index contributed by atoms with van der Waals surface area (Å²) in [6, 6.07) is 5.24. The summed E-state index contributed by atoms with van der Waals surface area (Å²) in [5, 5.41) is 11.3. The van der Waals surface area contributed by atoms with E-state index in [1.165, 1.54) is 16.4 Å². The average molecular weight is 384 g/mol. The zero-order chi connectivity index (χ0) is 18.0. The van der Waals surface area contributed by atoms with Gasteiger partial charge >= 0.3 is 0 Å². The van der Waals surface area contributed by atoms with Gasteiger partial charge in [-0.25, -0.2) is 18.4 Å². The summed E-state index contributed by atoms with van der Waals surface area (Å²) >= 11 is 5.75. The van der Waals surface area contributed by atoms with Gasteiger partial charge in [-0.3, -0.25) is 10.1 Å². The van der Waals surface area contributed by atoms with E-state index in [1.54, 1.807) is 18.5 Å². The quantitative estimate of drug-likeness (QED) is 0.581. The molecule has 0 atom stereocenters. The summed E-state index contributed by atoms with van der Waals surface area (Å²) in [6.07, 6.45) is 3.23. The number of hydrogen-bond acceptors (Lipinski definition) is 7. The molecule has 1 saturated heterocycles. The van der Waals surface area contributed by atoms with Crippen LogP contribution >= 0.6 is 11.6 Å². The second kappa shape index (κ2) is 6.90. The van der Waals surface area contributed by atoms with Crippen LogP contribution in [-0.4, -0.2) is 53.8 Å². The van der Waals surface area contributed by atoms with Gasteiger partial charge in [0.1, 0.15) is 0 Å². The number of nitro benzene ring substituents is 1. The van der Waals surface area contributed by atoms with Crippen LogP contribution in [0.2, 0.25) is 5.02 Å². The van der Waals surface area contributed by atoms with Crippen molar-refractivity contribution in [2.75, 3.05) is 31.1 Å². The number of anilines is 1. The van der Waals surface area contributed by atoms with Gasteiger partial charge in [0.15, 0.2) is 4.90 Å². The standard InChI is InChI=1S/C14H14ClN5O4S/c15-11-2-3-13(12(10-11)20(21)22)25(23,24)19-8-6-18(7-9-19)14-16-4-1-5-17-14/h1-5,10H,6-9H2. The third kappa shape index (κ3) is 3.55. The lowest BCUT2D eigenvalue weighted by molar-refractivity contribution is -0.387. The van der Waals surface area contributed by atoms with Gasteiger partial charge in [0.05, 0.1) is 4.92 Å². The molecule has 1 aliphatic heterocycles. The molecule has 2 heterocycles. The van der Waals surface area contributed by atoms with E-state index in [0.717, 1.165) is 6.07 Å². The first-order valence-electron chi connectivity index (χ1n) is 7.35. The van der Waals surface area contributed by atoms with Gasteiger partial charge in [-0.1, -0.05) is 11.6 Å². The largest absolute Gasteiger partial charge is 0.338 e. The summed E-state index contributed by atoms with van der Waals surface area (Å²) < 4.78 is 26.8. The summed E-state index contributed by atoms with van der Waals surface area (Å²) in [5.41, 5.74) is -0.527. The molecule has 1 aliphatic rings. The van der Waals surface area contributed by atoms with Gasteiger partial charge < -0.3 is 4.90 Å². The highest BCUT2D eigenvalue weighted by atomic mass is 35.5. The van der Waals surface area contributed by atoms with Gasteiger partial charge in [-0.2, -0.15) is 4.31 Å². The fourth-order valence-electron chi connectivity index (χ4n) is 2.57. The molecule has 0 spiro atoms. The van der Waals surface area contributed by atoms with Crippen molar-refractivity contribution in [3.63, 3.8) is 0 Å². The normalized spacial score (nSPS) is 16.0. The molecular formula is C14H14ClN5O4S.